The molecule has 0 aromatic heterocycles. The third kappa shape index (κ3) is 4.75. The Morgan fingerprint density at radius 1 is 0.905 bits per heavy atom. The lowest BCUT2D eigenvalue weighted by Gasteiger charge is -2.23. The monoisotopic (exact) mass is 282 g/mol. The number of hydrogen-bond donors (Lipinski definition) is 0. The molecule has 2 aromatic carbocycles. The largest absolute Gasteiger partial charge is 0.460 e. The number of hydrogen-bond acceptors (Lipinski definition) is 2. The normalized spacial score (nSPS) is 11.4. The van der Waals surface area contributed by atoms with Crippen LogP contribution in [-0.4, -0.2) is 11.6 Å². The first kappa shape index (κ1) is 15.3. The van der Waals surface area contributed by atoms with E-state index in [1.807, 2.05) is 57.2 Å². The smallest absolute Gasteiger partial charge is 0.307 e. The second kappa shape index (κ2) is 6.57. The Balaban J connectivity index is 2.24. The number of rotatable bonds is 4. The molecule has 2 nitrogen and oxygen atoms in total. The van der Waals surface area contributed by atoms with Gasteiger partial charge in [-0.2, -0.15) is 0 Å². The Morgan fingerprint density at radius 2 is 1.33 bits per heavy atom. The molecule has 0 saturated heterocycles. The van der Waals surface area contributed by atoms with E-state index in [4.69, 9.17) is 4.74 Å². The zero-order chi connectivity index (χ0) is 15.3. The van der Waals surface area contributed by atoms with Crippen LogP contribution in [0.1, 0.15) is 44.2 Å². The van der Waals surface area contributed by atoms with Gasteiger partial charge in [-0.25, -0.2) is 0 Å². The van der Waals surface area contributed by atoms with Gasteiger partial charge in [-0.1, -0.05) is 60.7 Å². The molecule has 0 aliphatic rings. The average molecular weight is 282 g/mol. The molecule has 0 saturated carbocycles. The zero-order valence-corrected chi connectivity index (χ0v) is 12.9. The quantitative estimate of drug-likeness (QED) is 0.769. The van der Waals surface area contributed by atoms with E-state index in [1.54, 1.807) is 0 Å². The van der Waals surface area contributed by atoms with Gasteiger partial charge in [0, 0.05) is 5.92 Å². The van der Waals surface area contributed by atoms with Gasteiger partial charge in [0.2, 0.25) is 0 Å². The van der Waals surface area contributed by atoms with Crippen molar-refractivity contribution in [1.82, 2.24) is 0 Å². The summed E-state index contributed by atoms with van der Waals surface area (Å²) in [5.41, 5.74) is 1.82. The number of carbonyl (C=O) groups is 1. The SMILES string of the molecule is CC(C)(C)OC(=O)CC(c1ccccc1)c1ccccc1. The minimum atomic E-state index is -0.449. The molecule has 21 heavy (non-hydrogen) atoms. The van der Waals surface area contributed by atoms with Crippen LogP contribution in [-0.2, 0) is 9.53 Å². The summed E-state index contributed by atoms with van der Waals surface area (Å²) in [4.78, 5) is 12.2. The van der Waals surface area contributed by atoms with E-state index < -0.39 is 5.60 Å². The standard InChI is InChI=1S/C19H22O2/c1-19(2,3)21-18(20)14-17(15-10-6-4-7-11-15)16-12-8-5-9-13-16/h4-13,17H,14H2,1-3H3. The van der Waals surface area contributed by atoms with Crippen LogP contribution in [0.25, 0.3) is 0 Å². The first-order chi connectivity index (χ1) is 9.96. The van der Waals surface area contributed by atoms with Crippen LogP contribution in [0.2, 0.25) is 0 Å². The molecule has 0 amide bonds. The fraction of sp³-hybridized carbons (Fsp3) is 0.316. The summed E-state index contributed by atoms with van der Waals surface area (Å²) < 4.78 is 5.47. The number of ether oxygens (including phenoxy) is 1. The maximum atomic E-state index is 12.2. The molecule has 0 radical (unpaired) electrons. The molecule has 0 spiro atoms. The fourth-order valence-electron chi connectivity index (χ4n) is 2.35. The van der Waals surface area contributed by atoms with E-state index in [0.29, 0.717) is 6.42 Å². The highest BCUT2D eigenvalue weighted by Gasteiger charge is 2.22. The van der Waals surface area contributed by atoms with Crippen LogP contribution in [0.15, 0.2) is 60.7 Å². The van der Waals surface area contributed by atoms with Crippen LogP contribution < -0.4 is 0 Å². The maximum absolute atomic E-state index is 12.2. The molecule has 0 N–H and O–H groups in total. The van der Waals surface area contributed by atoms with Crippen LogP contribution in [0.4, 0.5) is 0 Å². The number of esters is 1. The minimum absolute atomic E-state index is 0.0299. The second-order valence-corrected chi connectivity index (χ2v) is 6.16. The molecule has 0 atom stereocenters. The maximum Gasteiger partial charge on any atom is 0.307 e. The summed E-state index contributed by atoms with van der Waals surface area (Å²) >= 11 is 0. The van der Waals surface area contributed by atoms with E-state index in [1.165, 1.54) is 0 Å². The lowest BCUT2D eigenvalue weighted by Crippen LogP contribution is -2.25. The van der Waals surface area contributed by atoms with Crippen molar-refractivity contribution in [2.24, 2.45) is 0 Å². The van der Waals surface area contributed by atoms with Crippen LogP contribution in [0.5, 0.6) is 0 Å². The van der Waals surface area contributed by atoms with Crippen molar-refractivity contribution < 1.29 is 9.53 Å². The Labute approximate surface area is 126 Å². The van der Waals surface area contributed by atoms with Crippen LogP contribution in [0.3, 0.4) is 0 Å². The third-order valence-corrected chi connectivity index (χ3v) is 3.19. The van der Waals surface area contributed by atoms with E-state index >= 15 is 0 Å². The minimum Gasteiger partial charge on any atom is -0.460 e. The highest BCUT2D eigenvalue weighted by atomic mass is 16.6. The lowest BCUT2D eigenvalue weighted by atomic mass is 9.88. The topological polar surface area (TPSA) is 26.3 Å². The van der Waals surface area contributed by atoms with Gasteiger partial charge in [-0.3, -0.25) is 4.79 Å². The van der Waals surface area contributed by atoms with Crippen molar-refractivity contribution in [1.29, 1.82) is 0 Å². The van der Waals surface area contributed by atoms with Gasteiger partial charge in [0.1, 0.15) is 5.60 Å². The van der Waals surface area contributed by atoms with Gasteiger partial charge in [0.15, 0.2) is 0 Å². The summed E-state index contributed by atoms with van der Waals surface area (Å²) in [6, 6.07) is 20.2. The summed E-state index contributed by atoms with van der Waals surface area (Å²) in [5.74, 6) is -0.137. The molecule has 0 unspecified atom stereocenters. The lowest BCUT2D eigenvalue weighted by molar-refractivity contribution is -0.155. The molecule has 2 rings (SSSR count). The Morgan fingerprint density at radius 3 is 1.71 bits per heavy atom. The summed E-state index contributed by atoms with van der Waals surface area (Å²) in [6.45, 7) is 5.68. The van der Waals surface area contributed by atoms with Gasteiger partial charge >= 0.3 is 5.97 Å². The van der Waals surface area contributed by atoms with E-state index in [0.717, 1.165) is 11.1 Å². The summed E-state index contributed by atoms with van der Waals surface area (Å²) in [6.07, 6.45) is 0.352. The van der Waals surface area contributed by atoms with Crippen molar-refractivity contribution in [3.63, 3.8) is 0 Å². The van der Waals surface area contributed by atoms with Crippen molar-refractivity contribution >= 4 is 5.97 Å². The van der Waals surface area contributed by atoms with E-state index in [9.17, 15) is 4.79 Å². The molecule has 2 aromatic rings. The van der Waals surface area contributed by atoms with Gasteiger partial charge in [0.05, 0.1) is 6.42 Å². The Kier molecular flexibility index (Phi) is 4.79. The Hall–Kier alpha value is -2.09. The zero-order valence-electron chi connectivity index (χ0n) is 12.9. The van der Waals surface area contributed by atoms with Gasteiger partial charge in [-0.05, 0) is 31.9 Å². The predicted octanol–water partition coefficient (Wildman–Crippen LogP) is 4.55. The molecular formula is C19H22O2. The summed E-state index contributed by atoms with van der Waals surface area (Å²) in [7, 11) is 0. The number of carbonyl (C=O) groups excluding carboxylic acids is 1. The van der Waals surface area contributed by atoms with Crippen molar-refractivity contribution in [2.75, 3.05) is 0 Å². The molecule has 0 aliphatic carbocycles. The number of benzene rings is 2. The van der Waals surface area contributed by atoms with Crippen molar-refractivity contribution in [2.45, 2.75) is 38.7 Å². The first-order valence-corrected chi connectivity index (χ1v) is 7.27. The molecule has 0 fully saturated rings. The molecular weight excluding hydrogens is 260 g/mol. The van der Waals surface area contributed by atoms with E-state index in [2.05, 4.69) is 24.3 Å². The van der Waals surface area contributed by atoms with Gasteiger partial charge in [0.25, 0.3) is 0 Å². The molecule has 110 valence electrons. The summed E-state index contributed by atoms with van der Waals surface area (Å²) in [5, 5.41) is 0. The molecule has 0 aliphatic heterocycles. The van der Waals surface area contributed by atoms with Crippen LogP contribution in [0, 0.1) is 0 Å². The van der Waals surface area contributed by atoms with E-state index in [-0.39, 0.29) is 11.9 Å². The predicted molar refractivity (Wildman–Crippen MR) is 85.2 cm³/mol. The highest BCUT2D eigenvalue weighted by Crippen LogP contribution is 2.28. The van der Waals surface area contributed by atoms with Crippen LogP contribution >= 0.6 is 0 Å². The second-order valence-electron chi connectivity index (χ2n) is 6.16. The first-order valence-electron chi connectivity index (χ1n) is 7.27. The van der Waals surface area contributed by atoms with Gasteiger partial charge in [-0.15, -0.1) is 0 Å². The highest BCUT2D eigenvalue weighted by molar-refractivity contribution is 5.72. The molecule has 0 heterocycles. The third-order valence-electron chi connectivity index (χ3n) is 3.19. The van der Waals surface area contributed by atoms with Crippen molar-refractivity contribution in [3.8, 4) is 0 Å². The van der Waals surface area contributed by atoms with Gasteiger partial charge < -0.3 is 4.74 Å². The fourth-order valence-corrected chi connectivity index (χ4v) is 2.35. The molecule has 2 heteroatoms. The van der Waals surface area contributed by atoms with Crippen molar-refractivity contribution in [3.05, 3.63) is 71.8 Å². The molecule has 0 bridgehead atoms. The average Bonchev–Trinajstić information content (AvgIpc) is 2.45. The Bertz CT molecular complexity index is 528.